The molecule has 2 aliphatic rings. The van der Waals surface area contributed by atoms with Crippen LogP contribution in [0, 0.1) is 11.8 Å². The Hall–Kier alpha value is -0.560. The van der Waals surface area contributed by atoms with E-state index in [4.69, 9.17) is 68.1 Å². The zero-order chi connectivity index (χ0) is 22.1. The highest BCUT2D eigenvalue weighted by atomic mass is 35.5. The van der Waals surface area contributed by atoms with E-state index in [9.17, 15) is 0 Å². The smallest absolute Gasteiger partial charge is 0.0595 e. The minimum absolute atomic E-state index is 0. The molecule has 0 amide bonds. The van der Waals surface area contributed by atoms with Crippen molar-refractivity contribution in [3.63, 3.8) is 0 Å². The van der Waals surface area contributed by atoms with E-state index in [0.717, 1.165) is 24.0 Å². The molecule has 2 aromatic rings. The fraction of sp³-hybridized carbons (Fsp3) is 0.478. The van der Waals surface area contributed by atoms with Crippen molar-refractivity contribution in [1.29, 1.82) is 0 Å². The Bertz CT molecular complexity index is 840. The molecule has 0 saturated heterocycles. The van der Waals surface area contributed by atoms with Crippen molar-refractivity contribution in [2.24, 2.45) is 23.3 Å². The Kier molecular flexibility index (Phi) is 9.11. The lowest BCUT2D eigenvalue weighted by Crippen LogP contribution is -2.23. The highest BCUT2D eigenvalue weighted by Crippen LogP contribution is 2.54. The lowest BCUT2D eigenvalue weighted by Gasteiger charge is -2.15. The van der Waals surface area contributed by atoms with E-state index >= 15 is 0 Å². The van der Waals surface area contributed by atoms with E-state index < -0.39 is 0 Å². The van der Waals surface area contributed by atoms with E-state index in [1.165, 1.54) is 0 Å². The normalized spacial score (nSPS) is 28.3. The highest BCUT2D eigenvalue weighted by Gasteiger charge is 2.54. The van der Waals surface area contributed by atoms with Gasteiger partial charge in [0.05, 0.1) is 20.1 Å². The minimum Gasteiger partial charge on any atom is -0.396 e. The second-order valence-electron chi connectivity index (χ2n) is 8.15. The minimum atomic E-state index is -0.0804. The molecule has 0 aliphatic heterocycles. The molecular formula is C23H30Cl4N2O2. The number of benzene rings is 2. The average molecular weight is 508 g/mol. The first-order valence-corrected chi connectivity index (χ1v) is 11.3. The van der Waals surface area contributed by atoms with Gasteiger partial charge in [0.25, 0.3) is 0 Å². The third kappa shape index (κ3) is 5.18. The SMILES string of the molecule is C.NC[C@@]1(c2ccc(Cl)c(Cl)c2)C[C@@H]1CO.NC[C@]1(c2ccc(Cl)c(Cl)c2)C[C@@H]1CO. The summed E-state index contributed by atoms with van der Waals surface area (Å²) in [6.45, 7) is 1.43. The van der Waals surface area contributed by atoms with Crippen molar-refractivity contribution in [3.8, 4) is 0 Å². The monoisotopic (exact) mass is 506 g/mol. The van der Waals surface area contributed by atoms with Crippen LogP contribution >= 0.6 is 46.4 Å². The summed E-state index contributed by atoms with van der Waals surface area (Å²) in [5.74, 6) is 0.527. The molecule has 2 aromatic carbocycles. The molecule has 0 radical (unpaired) electrons. The highest BCUT2D eigenvalue weighted by molar-refractivity contribution is 6.42. The van der Waals surface area contributed by atoms with Crippen molar-refractivity contribution >= 4 is 46.4 Å². The Morgan fingerprint density at radius 2 is 1.06 bits per heavy atom. The van der Waals surface area contributed by atoms with Gasteiger partial charge in [-0.15, -0.1) is 0 Å². The predicted octanol–water partition coefficient (Wildman–Crippen LogP) is 5.04. The summed E-state index contributed by atoms with van der Waals surface area (Å²) in [5.41, 5.74) is 13.5. The fourth-order valence-electron chi connectivity index (χ4n) is 4.29. The molecule has 0 bridgehead atoms. The standard InChI is InChI=1S/2C11H13Cl2NO.CH4/c2*12-9-2-1-7(3-10(9)13)11(6-14)4-8(11)5-15;/h2*1-3,8,15H,4-6,14H2;1H4/t8-,11+;8-,11-;/m11./s1. The third-order valence-electron chi connectivity index (χ3n) is 6.62. The lowest BCUT2D eigenvalue weighted by atomic mass is 9.93. The molecule has 8 heteroatoms. The molecule has 4 rings (SSSR count). The zero-order valence-corrected chi connectivity index (χ0v) is 19.4. The summed E-state index contributed by atoms with van der Waals surface area (Å²) in [5, 5.41) is 20.5. The molecule has 0 unspecified atom stereocenters. The molecule has 0 spiro atoms. The summed E-state index contributed by atoms with van der Waals surface area (Å²) in [4.78, 5) is 0. The molecule has 2 fully saturated rings. The molecule has 2 saturated carbocycles. The molecule has 172 valence electrons. The largest absolute Gasteiger partial charge is 0.396 e. The van der Waals surface area contributed by atoms with Gasteiger partial charge in [0.1, 0.15) is 0 Å². The summed E-state index contributed by atoms with van der Waals surface area (Å²) >= 11 is 23.6. The fourth-order valence-corrected chi connectivity index (χ4v) is 4.89. The molecule has 4 nitrogen and oxygen atoms in total. The van der Waals surface area contributed by atoms with Crippen LogP contribution in [0.5, 0.6) is 0 Å². The maximum atomic E-state index is 9.14. The van der Waals surface area contributed by atoms with Gasteiger partial charge in [-0.1, -0.05) is 66.0 Å². The number of halogens is 4. The van der Waals surface area contributed by atoms with Gasteiger partial charge < -0.3 is 21.7 Å². The zero-order valence-electron chi connectivity index (χ0n) is 16.4. The van der Waals surface area contributed by atoms with Gasteiger partial charge in [-0.05, 0) is 60.1 Å². The molecule has 0 aromatic heterocycles. The predicted molar refractivity (Wildman–Crippen MR) is 132 cm³/mol. The lowest BCUT2D eigenvalue weighted by molar-refractivity contribution is 0.264. The summed E-state index contributed by atoms with van der Waals surface area (Å²) in [7, 11) is 0. The average Bonchev–Trinajstić information content (AvgIpc) is 3.65. The molecule has 0 heterocycles. The second-order valence-corrected chi connectivity index (χ2v) is 9.77. The van der Waals surface area contributed by atoms with Crippen molar-refractivity contribution in [3.05, 3.63) is 67.6 Å². The van der Waals surface area contributed by atoms with Gasteiger partial charge in [0.15, 0.2) is 0 Å². The molecule has 4 atom stereocenters. The summed E-state index contributed by atoms with van der Waals surface area (Å²) in [6, 6.07) is 11.2. The van der Waals surface area contributed by atoms with E-state index in [2.05, 4.69) is 0 Å². The van der Waals surface area contributed by atoms with Gasteiger partial charge in [-0.25, -0.2) is 0 Å². The quantitative estimate of drug-likeness (QED) is 0.440. The number of aliphatic hydroxyl groups is 2. The van der Waals surface area contributed by atoms with Crippen molar-refractivity contribution in [2.45, 2.75) is 31.1 Å². The second kappa shape index (κ2) is 10.6. The van der Waals surface area contributed by atoms with Gasteiger partial charge in [-0.2, -0.15) is 0 Å². The van der Waals surface area contributed by atoms with Crippen LogP contribution in [0.25, 0.3) is 0 Å². The summed E-state index contributed by atoms with van der Waals surface area (Å²) < 4.78 is 0. The van der Waals surface area contributed by atoms with Crippen LogP contribution in [0.1, 0.15) is 31.4 Å². The number of aliphatic hydroxyl groups excluding tert-OH is 2. The topological polar surface area (TPSA) is 92.5 Å². The first kappa shape index (κ1) is 26.7. The van der Waals surface area contributed by atoms with E-state index in [-0.39, 0.29) is 43.3 Å². The van der Waals surface area contributed by atoms with Crippen LogP contribution in [0.3, 0.4) is 0 Å². The summed E-state index contributed by atoms with van der Waals surface area (Å²) in [6.07, 6.45) is 1.86. The van der Waals surface area contributed by atoms with Gasteiger partial charge in [0, 0.05) is 37.1 Å². The molecular weight excluding hydrogens is 478 g/mol. The maximum absolute atomic E-state index is 9.14. The van der Waals surface area contributed by atoms with Crippen molar-refractivity contribution in [1.82, 2.24) is 0 Å². The Balaban J connectivity index is 0.000000213. The number of rotatable bonds is 6. The first-order valence-electron chi connectivity index (χ1n) is 9.81. The van der Waals surface area contributed by atoms with Crippen LogP contribution in [0.4, 0.5) is 0 Å². The van der Waals surface area contributed by atoms with Crippen LogP contribution in [0.2, 0.25) is 20.1 Å². The maximum Gasteiger partial charge on any atom is 0.0595 e. The molecule has 6 N–H and O–H groups in total. The number of nitrogens with two attached hydrogens (primary N) is 2. The van der Waals surface area contributed by atoms with E-state index in [1.807, 2.05) is 24.3 Å². The van der Waals surface area contributed by atoms with E-state index in [1.54, 1.807) is 12.1 Å². The molecule has 31 heavy (non-hydrogen) atoms. The third-order valence-corrected chi connectivity index (χ3v) is 8.10. The number of hydrogen-bond donors (Lipinski definition) is 4. The van der Waals surface area contributed by atoms with E-state index in [0.29, 0.717) is 33.2 Å². The van der Waals surface area contributed by atoms with Crippen LogP contribution in [-0.4, -0.2) is 36.5 Å². The Morgan fingerprint density at radius 1 is 0.710 bits per heavy atom. The molecule has 2 aliphatic carbocycles. The van der Waals surface area contributed by atoms with Crippen LogP contribution in [-0.2, 0) is 10.8 Å². The van der Waals surface area contributed by atoms with Crippen molar-refractivity contribution < 1.29 is 10.2 Å². The van der Waals surface area contributed by atoms with Gasteiger partial charge in [-0.3, -0.25) is 0 Å². The van der Waals surface area contributed by atoms with Gasteiger partial charge in [0.2, 0.25) is 0 Å². The number of hydrogen-bond acceptors (Lipinski definition) is 4. The van der Waals surface area contributed by atoms with Gasteiger partial charge >= 0.3 is 0 Å². The van der Waals surface area contributed by atoms with Crippen molar-refractivity contribution in [2.75, 3.05) is 26.3 Å². The van der Waals surface area contributed by atoms with Crippen LogP contribution in [0.15, 0.2) is 36.4 Å². The van der Waals surface area contributed by atoms with Crippen LogP contribution < -0.4 is 11.5 Å². The first-order chi connectivity index (χ1) is 14.3. The Labute approximate surface area is 204 Å². The Morgan fingerprint density at radius 3 is 1.29 bits per heavy atom.